The van der Waals surface area contributed by atoms with Crippen LogP contribution in [0.5, 0.6) is 0 Å². The van der Waals surface area contributed by atoms with Gasteiger partial charge in [0.25, 0.3) is 5.91 Å². The first-order valence-electron chi connectivity index (χ1n) is 19.3. The molecule has 8 nitrogen and oxygen atoms in total. The normalized spacial score (nSPS) is 13.9. The minimum absolute atomic E-state index is 0. The molecule has 1 aliphatic rings. The SMILES string of the molecule is CCCCc1ccc(-c2ccc(-c3cnc(-c4ccc(C[C@H](NC(=O)c5ccc(C(C)(C)C)s5)C(=O)N5CC(C(=O)OC(C)(C)C)C5)cc4)nc3)c(F)c2)cc1.[HH]. The van der Waals surface area contributed by atoms with Gasteiger partial charge in [-0.3, -0.25) is 14.4 Å². The zero-order chi connectivity index (χ0) is 40.2. The molecule has 2 amide bonds. The Kier molecular flexibility index (Phi) is 12.2. The Morgan fingerprint density at radius 1 is 0.857 bits per heavy atom. The summed E-state index contributed by atoms with van der Waals surface area (Å²) in [6, 6.07) is 23.9. The first-order valence-corrected chi connectivity index (χ1v) is 20.1. The van der Waals surface area contributed by atoms with Crippen LogP contribution in [-0.2, 0) is 32.6 Å². The number of hydrogen-bond donors (Lipinski definition) is 1. The van der Waals surface area contributed by atoms with Crippen LogP contribution >= 0.6 is 11.3 Å². The maximum Gasteiger partial charge on any atom is 0.313 e. The summed E-state index contributed by atoms with van der Waals surface area (Å²) < 4.78 is 20.9. The average molecular weight is 777 g/mol. The van der Waals surface area contributed by atoms with Gasteiger partial charge in [-0.2, -0.15) is 0 Å². The van der Waals surface area contributed by atoms with Gasteiger partial charge in [0.15, 0.2) is 5.82 Å². The highest BCUT2D eigenvalue weighted by Gasteiger charge is 2.41. The van der Waals surface area contributed by atoms with E-state index in [9.17, 15) is 14.4 Å². The molecule has 1 N–H and O–H groups in total. The highest BCUT2D eigenvalue weighted by molar-refractivity contribution is 7.14. The number of ether oxygens (including phenoxy) is 1. The summed E-state index contributed by atoms with van der Waals surface area (Å²) in [5.74, 6) is -1.18. The van der Waals surface area contributed by atoms with Crippen LogP contribution in [0, 0.1) is 11.7 Å². The molecule has 3 heterocycles. The minimum Gasteiger partial charge on any atom is -0.460 e. The van der Waals surface area contributed by atoms with Gasteiger partial charge in [-0.15, -0.1) is 11.3 Å². The highest BCUT2D eigenvalue weighted by atomic mass is 32.1. The second kappa shape index (κ2) is 16.9. The standard InChI is InChI=1S/C46H51FN4O4S.H2/c1-8-9-10-29-11-15-31(16-12-29)33-19-20-36(37(47)24-33)34-25-48-41(49-26-34)32-17-13-30(14-18-32)23-38(50-42(52)39-21-22-40(56-39)45(2,3)4)43(53)51-27-35(28-51)44(54)55-46(5,6)7;/h11-22,24-26,35,38H,8-10,23,27-28H2,1-7H3,(H,50,52);1H/t38-;/m0./s1. The Morgan fingerprint density at radius 2 is 1.48 bits per heavy atom. The maximum absolute atomic E-state index is 15.4. The number of thiophene rings is 1. The monoisotopic (exact) mass is 776 g/mol. The van der Waals surface area contributed by atoms with Crippen molar-refractivity contribution < 1.29 is 24.9 Å². The molecule has 0 saturated carbocycles. The van der Waals surface area contributed by atoms with Gasteiger partial charge in [0.1, 0.15) is 17.5 Å². The lowest BCUT2D eigenvalue weighted by molar-refractivity contribution is -0.168. The fourth-order valence-electron chi connectivity index (χ4n) is 6.52. The lowest BCUT2D eigenvalue weighted by Gasteiger charge is -2.40. The maximum atomic E-state index is 15.4. The van der Waals surface area contributed by atoms with E-state index in [1.54, 1.807) is 35.5 Å². The molecule has 3 aromatic carbocycles. The lowest BCUT2D eigenvalue weighted by atomic mass is 9.95. The van der Waals surface area contributed by atoms with Crippen molar-refractivity contribution in [3.05, 3.63) is 118 Å². The van der Waals surface area contributed by atoms with E-state index in [1.807, 2.05) is 69.3 Å². The number of rotatable bonds is 12. The Balaban J connectivity index is 0.00000620. The van der Waals surface area contributed by atoms with Crippen LogP contribution in [0.25, 0.3) is 33.6 Å². The summed E-state index contributed by atoms with van der Waals surface area (Å²) in [5, 5.41) is 2.98. The summed E-state index contributed by atoms with van der Waals surface area (Å²) >= 11 is 1.41. The average Bonchev–Trinajstić information content (AvgIpc) is 3.65. The molecule has 1 fully saturated rings. The predicted octanol–water partition coefficient (Wildman–Crippen LogP) is 9.71. The molecule has 0 radical (unpaired) electrons. The van der Waals surface area contributed by atoms with Crippen molar-refractivity contribution in [3.8, 4) is 33.6 Å². The minimum atomic E-state index is -0.852. The molecule has 294 valence electrons. The zero-order valence-electron chi connectivity index (χ0n) is 33.3. The number of hydrogen-bond acceptors (Lipinski definition) is 7. The molecule has 0 spiro atoms. The van der Waals surface area contributed by atoms with Gasteiger partial charge in [0.2, 0.25) is 5.91 Å². The number of aryl methyl sites for hydroxylation is 1. The number of unbranched alkanes of at least 4 members (excludes halogenated alkanes) is 1. The van der Waals surface area contributed by atoms with E-state index in [2.05, 4.69) is 55.1 Å². The topological polar surface area (TPSA) is 101 Å². The zero-order valence-corrected chi connectivity index (χ0v) is 34.1. The molecule has 1 saturated heterocycles. The fraction of sp³-hybridized carbons (Fsp3) is 0.370. The smallest absolute Gasteiger partial charge is 0.313 e. The number of esters is 1. The molecule has 1 atom stereocenters. The fourth-order valence-corrected chi connectivity index (χ4v) is 7.49. The van der Waals surface area contributed by atoms with Crippen molar-refractivity contribution in [1.29, 1.82) is 0 Å². The third-order valence-electron chi connectivity index (χ3n) is 9.80. The van der Waals surface area contributed by atoms with E-state index in [4.69, 9.17) is 4.74 Å². The van der Waals surface area contributed by atoms with Gasteiger partial charge in [-0.25, -0.2) is 14.4 Å². The Hall–Kier alpha value is -5.22. The van der Waals surface area contributed by atoms with Gasteiger partial charge in [-0.05, 0) is 79.5 Å². The number of nitrogens with one attached hydrogen (secondary N) is 1. The van der Waals surface area contributed by atoms with Crippen LogP contribution in [-0.4, -0.2) is 57.4 Å². The molecule has 0 unspecified atom stereocenters. The van der Waals surface area contributed by atoms with Crippen molar-refractivity contribution in [2.24, 2.45) is 5.92 Å². The number of nitrogens with zero attached hydrogens (tertiary/aromatic N) is 3. The van der Waals surface area contributed by atoms with Crippen LogP contribution in [0.3, 0.4) is 0 Å². The molecular formula is C46H53FN4O4S. The molecule has 10 heteroatoms. The van der Waals surface area contributed by atoms with Crippen LogP contribution in [0.1, 0.15) is 88.4 Å². The van der Waals surface area contributed by atoms with E-state index in [-0.39, 0.29) is 50.0 Å². The van der Waals surface area contributed by atoms with E-state index < -0.39 is 17.6 Å². The molecule has 6 rings (SSSR count). The first-order chi connectivity index (χ1) is 26.6. The van der Waals surface area contributed by atoms with Crippen molar-refractivity contribution >= 4 is 29.1 Å². The van der Waals surface area contributed by atoms with Crippen molar-refractivity contribution in [3.63, 3.8) is 0 Å². The summed E-state index contributed by atoms with van der Waals surface area (Å²) in [6.07, 6.45) is 6.82. The van der Waals surface area contributed by atoms with Crippen molar-refractivity contribution in [2.75, 3.05) is 13.1 Å². The Morgan fingerprint density at radius 3 is 2.07 bits per heavy atom. The second-order valence-corrected chi connectivity index (χ2v) is 17.7. The first kappa shape index (κ1) is 40.4. The number of halogens is 1. The van der Waals surface area contributed by atoms with E-state index >= 15 is 4.39 Å². The second-order valence-electron chi connectivity index (χ2n) is 16.6. The summed E-state index contributed by atoms with van der Waals surface area (Å²) in [5.41, 5.74) is 4.90. The van der Waals surface area contributed by atoms with Gasteiger partial charge in [0, 0.05) is 54.9 Å². The number of carbonyl (C=O) groups excluding carboxylic acids is 3. The van der Waals surface area contributed by atoms with Crippen LogP contribution in [0.4, 0.5) is 4.39 Å². The van der Waals surface area contributed by atoms with Gasteiger partial charge in [0.05, 0.1) is 10.8 Å². The number of likely N-dealkylation sites (tertiary alicyclic amines) is 1. The summed E-state index contributed by atoms with van der Waals surface area (Å²) in [6.45, 7) is 14.4. The predicted molar refractivity (Wildman–Crippen MR) is 223 cm³/mol. The largest absolute Gasteiger partial charge is 0.460 e. The quantitative estimate of drug-likeness (QED) is 0.127. The number of benzene rings is 3. The molecule has 2 aromatic heterocycles. The van der Waals surface area contributed by atoms with Crippen molar-refractivity contribution in [2.45, 2.75) is 91.2 Å². The molecule has 56 heavy (non-hydrogen) atoms. The summed E-state index contributed by atoms with van der Waals surface area (Å²) in [7, 11) is 0. The van der Waals surface area contributed by atoms with Crippen LogP contribution in [0.15, 0.2) is 91.3 Å². The van der Waals surface area contributed by atoms with Gasteiger partial charge in [-0.1, -0.05) is 94.8 Å². The third-order valence-corrected chi connectivity index (χ3v) is 11.3. The van der Waals surface area contributed by atoms with Gasteiger partial charge < -0.3 is 15.0 Å². The molecule has 5 aromatic rings. The van der Waals surface area contributed by atoms with Crippen LogP contribution < -0.4 is 5.32 Å². The van der Waals surface area contributed by atoms with E-state index in [0.717, 1.165) is 46.4 Å². The third kappa shape index (κ3) is 9.95. The molecular weight excluding hydrogens is 724 g/mol. The number of carbonyl (C=O) groups is 3. The van der Waals surface area contributed by atoms with Gasteiger partial charge >= 0.3 is 5.97 Å². The van der Waals surface area contributed by atoms with E-state index in [1.165, 1.54) is 16.9 Å². The van der Waals surface area contributed by atoms with E-state index in [0.29, 0.717) is 21.8 Å². The van der Waals surface area contributed by atoms with Crippen molar-refractivity contribution in [1.82, 2.24) is 20.2 Å². The highest BCUT2D eigenvalue weighted by Crippen LogP contribution is 2.31. The van der Waals surface area contributed by atoms with Crippen LogP contribution in [0.2, 0.25) is 0 Å². The summed E-state index contributed by atoms with van der Waals surface area (Å²) in [4.78, 5) is 52.2. The molecule has 0 bridgehead atoms. The molecule has 1 aliphatic heterocycles. The molecule has 0 aliphatic carbocycles. The Bertz CT molecular complexity index is 2170. The number of amides is 2. The number of aromatic nitrogens is 2. The Labute approximate surface area is 335 Å². The lowest BCUT2D eigenvalue weighted by Crippen LogP contribution is -2.59.